The van der Waals surface area contributed by atoms with Gasteiger partial charge in [0.15, 0.2) is 0 Å². The van der Waals surface area contributed by atoms with Crippen molar-refractivity contribution in [1.29, 1.82) is 0 Å². The molecule has 0 spiro atoms. The molecule has 0 saturated heterocycles. The van der Waals surface area contributed by atoms with Gasteiger partial charge in [-0.3, -0.25) is 0 Å². The highest BCUT2D eigenvalue weighted by molar-refractivity contribution is 9.10. The van der Waals surface area contributed by atoms with Crippen molar-refractivity contribution in [3.8, 4) is 0 Å². The first-order valence-electron chi connectivity index (χ1n) is 2.56. The van der Waals surface area contributed by atoms with Crippen LogP contribution in [0.5, 0.6) is 0 Å². The number of halogens is 2. The molecule has 1 aromatic rings. The Morgan fingerprint density at radius 1 is 1.50 bits per heavy atom. The van der Waals surface area contributed by atoms with E-state index in [2.05, 4.69) is 20.8 Å². The summed E-state index contributed by atoms with van der Waals surface area (Å²) in [5, 5.41) is 0. The Morgan fingerprint density at radius 2 is 2.20 bits per heavy atom. The maximum Gasteiger partial charge on any atom is 0.222 e. The zero-order valence-corrected chi connectivity index (χ0v) is 6.52. The predicted octanol–water partition coefficient (Wildman–Crippen LogP) is 3.14. The number of hydrogen-bond donors (Lipinski definition) is 0. The van der Waals surface area contributed by atoms with Crippen molar-refractivity contribution in [1.82, 2.24) is 0 Å². The molecule has 0 saturated carbocycles. The highest BCUT2D eigenvalue weighted by Crippen LogP contribution is 2.21. The zero-order chi connectivity index (χ0) is 7.56. The van der Waals surface area contributed by atoms with Gasteiger partial charge in [-0.25, -0.2) is 9.24 Å². The molecule has 1 rings (SSSR count). The highest BCUT2D eigenvalue weighted by atomic mass is 79.9. The van der Waals surface area contributed by atoms with Crippen molar-refractivity contribution < 1.29 is 4.39 Å². The van der Waals surface area contributed by atoms with Gasteiger partial charge in [-0.2, -0.15) is 0 Å². The van der Waals surface area contributed by atoms with E-state index in [9.17, 15) is 4.39 Å². The molecule has 0 N–H and O–H groups in total. The van der Waals surface area contributed by atoms with Gasteiger partial charge < -0.3 is 0 Å². The zero-order valence-electron chi connectivity index (χ0n) is 4.94. The molecule has 0 fully saturated rings. The van der Waals surface area contributed by atoms with Crippen LogP contribution < -0.4 is 0 Å². The molecule has 1 nitrogen and oxygen atoms in total. The summed E-state index contributed by atoms with van der Waals surface area (Å²) in [6.45, 7) is 6.52. The minimum atomic E-state index is -0.482. The topological polar surface area (TPSA) is 4.36 Å². The summed E-state index contributed by atoms with van der Waals surface area (Å²) < 4.78 is 13.3. The third-order valence-corrected chi connectivity index (χ3v) is 1.52. The average Bonchev–Trinajstić information content (AvgIpc) is 1.88. The molecule has 0 radical (unpaired) electrons. The Labute approximate surface area is 66.4 Å². The Balaban J connectivity index is 3.23. The van der Waals surface area contributed by atoms with Gasteiger partial charge in [0.05, 0.1) is 6.57 Å². The maximum atomic E-state index is 12.6. The first kappa shape index (κ1) is 7.23. The van der Waals surface area contributed by atoms with E-state index in [0.717, 1.165) is 0 Å². The van der Waals surface area contributed by atoms with Crippen LogP contribution in [-0.4, -0.2) is 0 Å². The van der Waals surface area contributed by atoms with E-state index >= 15 is 0 Å². The number of hydrogen-bond acceptors (Lipinski definition) is 0. The first-order valence-corrected chi connectivity index (χ1v) is 3.36. The van der Waals surface area contributed by atoms with Crippen molar-refractivity contribution >= 4 is 21.6 Å². The molecule has 0 amide bonds. The van der Waals surface area contributed by atoms with Gasteiger partial charge in [-0.1, -0.05) is 28.1 Å². The molecule has 0 unspecified atom stereocenters. The summed E-state index contributed by atoms with van der Waals surface area (Å²) in [5.74, 6) is -0.482. The number of benzene rings is 1. The van der Waals surface area contributed by atoms with Gasteiger partial charge in [0.2, 0.25) is 5.69 Å². The van der Waals surface area contributed by atoms with Gasteiger partial charge >= 0.3 is 0 Å². The Bertz CT molecular complexity index is 290. The molecule has 0 aromatic heterocycles. The van der Waals surface area contributed by atoms with Crippen molar-refractivity contribution in [2.75, 3.05) is 0 Å². The molecule has 10 heavy (non-hydrogen) atoms. The normalized spacial score (nSPS) is 8.90. The lowest BCUT2D eigenvalue weighted by atomic mass is 10.3. The Kier molecular flexibility index (Phi) is 2.03. The lowest BCUT2D eigenvalue weighted by Gasteiger charge is -1.91. The lowest BCUT2D eigenvalue weighted by Crippen LogP contribution is -1.72. The summed E-state index contributed by atoms with van der Waals surface area (Å²) >= 11 is 3.08. The molecule has 0 aliphatic rings. The van der Waals surface area contributed by atoms with E-state index in [1.54, 1.807) is 6.07 Å². The van der Waals surface area contributed by atoms with Crippen molar-refractivity contribution in [3.05, 3.63) is 39.9 Å². The SMILES string of the molecule is [C-]#[N+]c1ccc(Br)cc1F. The van der Waals surface area contributed by atoms with Crippen molar-refractivity contribution in [3.63, 3.8) is 0 Å². The third kappa shape index (κ3) is 1.34. The van der Waals surface area contributed by atoms with E-state index in [0.29, 0.717) is 4.47 Å². The average molecular weight is 200 g/mol. The minimum absolute atomic E-state index is 0.0585. The quantitative estimate of drug-likeness (QED) is 0.566. The summed E-state index contributed by atoms with van der Waals surface area (Å²) in [5.41, 5.74) is 0.0585. The van der Waals surface area contributed by atoms with Crippen LogP contribution in [0.25, 0.3) is 4.85 Å². The van der Waals surface area contributed by atoms with Crippen LogP contribution in [0.15, 0.2) is 22.7 Å². The standard InChI is InChI=1S/C7H3BrFN/c1-10-7-3-2-5(8)4-6(7)9/h2-4H. The van der Waals surface area contributed by atoms with Crippen LogP contribution >= 0.6 is 15.9 Å². The van der Waals surface area contributed by atoms with Gasteiger partial charge in [0.25, 0.3) is 0 Å². The largest absolute Gasteiger partial charge is 0.235 e. The van der Waals surface area contributed by atoms with Gasteiger partial charge in [0, 0.05) is 4.47 Å². The number of nitrogens with zero attached hydrogens (tertiary/aromatic N) is 1. The second-order valence-electron chi connectivity index (χ2n) is 1.71. The van der Waals surface area contributed by atoms with Gasteiger partial charge in [0.1, 0.15) is 5.82 Å². The van der Waals surface area contributed by atoms with Crippen molar-refractivity contribution in [2.24, 2.45) is 0 Å². The fourth-order valence-corrected chi connectivity index (χ4v) is 0.905. The minimum Gasteiger partial charge on any atom is -0.235 e. The van der Waals surface area contributed by atoms with E-state index in [4.69, 9.17) is 6.57 Å². The number of rotatable bonds is 0. The molecule has 1 aromatic carbocycles. The summed E-state index contributed by atoms with van der Waals surface area (Å²) in [4.78, 5) is 2.97. The summed E-state index contributed by atoms with van der Waals surface area (Å²) in [7, 11) is 0. The van der Waals surface area contributed by atoms with E-state index < -0.39 is 5.82 Å². The fourth-order valence-electron chi connectivity index (χ4n) is 0.572. The van der Waals surface area contributed by atoms with Crippen LogP contribution in [-0.2, 0) is 0 Å². The molecular weight excluding hydrogens is 197 g/mol. The molecule has 0 bridgehead atoms. The van der Waals surface area contributed by atoms with Crippen LogP contribution in [0, 0.1) is 12.4 Å². The summed E-state index contributed by atoms with van der Waals surface area (Å²) in [6, 6.07) is 4.34. The first-order chi connectivity index (χ1) is 4.74. The molecular formula is C7H3BrFN. The Hall–Kier alpha value is -0.880. The molecule has 0 aliphatic carbocycles. The predicted molar refractivity (Wildman–Crippen MR) is 40.4 cm³/mol. The third-order valence-electron chi connectivity index (χ3n) is 1.03. The van der Waals surface area contributed by atoms with Crippen LogP contribution in [0.1, 0.15) is 0 Å². The molecule has 0 atom stereocenters. The van der Waals surface area contributed by atoms with Gasteiger partial charge in [-0.15, -0.1) is 0 Å². The Morgan fingerprint density at radius 3 is 2.70 bits per heavy atom. The lowest BCUT2D eigenvalue weighted by molar-refractivity contribution is 0.633. The van der Waals surface area contributed by atoms with Crippen LogP contribution in [0.4, 0.5) is 10.1 Å². The smallest absolute Gasteiger partial charge is 0.222 e. The summed E-state index contributed by atoms with van der Waals surface area (Å²) in [6.07, 6.45) is 0. The second-order valence-corrected chi connectivity index (χ2v) is 2.62. The van der Waals surface area contributed by atoms with Crippen LogP contribution in [0.2, 0.25) is 0 Å². The second kappa shape index (κ2) is 2.80. The maximum absolute atomic E-state index is 12.6. The monoisotopic (exact) mass is 199 g/mol. The van der Waals surface area contributed by atoms with E-state index in [1.165, 1.54) is 12.1 Å². The highest BCUT2D eigenvalue weighted by Gasteiger charge is 1.99. The fraction of sp³-hybridized carbons (Fsp3) is 0. The van der Waals surface area contributed by atoms with Gasteiger partial charge in [-0.05, 0) is 6.07 Å². The molecule has 0 heterocycles. The van der Waals surface area contributed by atoms with Crippen LogP contribution in [0.3, 0.4) is 0 Å². The van der Waals surface area contributed by atoms with E-state index in [-0.39, 0.29) is 5.69 Å². The van der Waals surface area contributed by atoms with Crippen molar-refractivity contribution in [2.45, 2.75) is 0 Å². The molecule has 50 valence electrons. The molecule has 3 heteroatoms. The molecule has 0 aliphatic heterocycles. The van der Waals surface area contributed by atoms with E-state index in [1.807, 2.05) is 0 Å².